The number of hydrogen-bond donors (Lipinski definition) is 2. The van der Waals surface area contributed by atoms with Crippen molar-refractivity contribution in [2.24, 2.45) is 10.9 Å². The Morgan fingerprint density at radius 2 is 2.05 bits per heavy atom. The maximum absolute atomic E-state index is 11.8. The molecule has 6 heteroatoms. The van der Waals surface area contributed by atoms with E-state index in [0.29, 0.717) is 11.3 Å². The van der Waals surface area contributed by atoms with Crippen molar-refractivity contribution in [2.45, 2.75) is 0 Å². The Labute approximate surface area is 130 Å². The van der Waals surface area contributed by atoms with E-state index in [0.717, 1.165) is 10.2 Å². The van der Waals surface area contributed by atoms with Gasteiger partial charge >= 0.3 is 0 Å². The fourth-order valence-corrected chi connectivity index (χ4v) is 2.07. The van der Waals surface area contributed by atoms with E-state index < -0.39 is 0 Å². The molecule has 2 aromatic carbocycles. The SMILES string of the molecule is NN=Cc1cc(Br)ccc1OCC(=O)Nc1ccccc1. The zero-order valence-electron chi connectivity index (χ0n) is 11.1. The van der Waals surface area contributed by atoms with Crippen LogP contribution in [-0.4, -0.2) is 18.7 Å². The van der Waals surface area contributed by atoms with Gasteiger partial charge in [-0.15, -0.1) is 0 Å². The molecule has 0 aliphatic heterocycles. The minimum atomic E-state index is -0.236. The zero-order valence-corrected chi connectivity index (χ0v) is 12.7. The standard InChI is InChI=1S/C15H14BrN3O2/c16-12-6-7-14(11(8-12)9-18-17)21-10-15(20)19-13-4-2-1-3-5-13/h1-9H,10,17H2,(H,19,20). The predicted octanol–water partition coefficient (Wildman–Crippen LogP) is 2.76. The van der Waals surface area contributed by atoms with Gasteiger partial charge in [0.15, 0.2) is 6.61 Å². The Morgan fingerprint density at radius 3 is 2.76 bits per heavy atom. The molecule has 0 aromatic heterocycles. The Hall–Kier alpha value is -2.34. The lowest BCUT2D eigenvalue weighted by Gasteiger charge is -2.10. The topological polar surface area (TPSA) is 76.7 Å². The number of carbonyl (C=O) groups excluding carboxylic acids is 1. The number of amides is 1. The number of para-hydroxylation sites is 1. The van der Waals surface area contributed by atoms with Gasteiger partial charge in [0.25, 0.3) is 5.91 Å². The van der Waals surface area contributed by atoms with E-state index in [2.05, 4.69) is 26.3 Å². The van der Waals surface area contributed by atoms with E-state index >= 15 is 0 Å². The second kappa shape index (κ2) is 7.44. The second-order valence-electron chi connectivity index (χ2n) is 4.16. The highest BCUT2D eigenvalue weighted by Gasteiger charge is 2.07. The van der Waals surface area contributed by atoms with Gasteiger partial charge in [-0.3, -0.25) is 4.79 Å². The van der Waals surface area contributed by atoms with Crippen LogP contribution in [0, 0.1) is 0 Å². The number of nitrogens with one attached hydrogen (secondary N) is 1. The average molecular weight is 348 g/mol. The van der Waals surface area contributed by atoms with Crippen molar-refractivity contribution in [3.8, 4) is 5.75 Å². The van der Waals surface area contributed by atoms with Crippen molar-refractivity contribution in [3.63, 3.8) is 0 Å². The van der Waals surface area contributed by atoms with Gasteiger partial charge in [-0.05, 0) is 30.3 Å². The maximum atomic E-state index is 11.8. The third-order valence-corrected chi connectivity index (χ3v) is 3.10. The van der Waals surface area contributed by atoms with E-state index in [1.807, 2.05) is 36.4 Å². The molecule has 2 rings (SSSR count). The van der Waals surface area contributed by atoms with Gasteiger partial charge in [-0.25, -0.2) is 0 Å². The molecule has 21 heavy (non-hydrogen) atoms. The van der Waals surface area contributed by atoms with Crippen LogP contribution >= 0.6 is 15.9 Å². The van der Waals surface area contributed by atoms with Crippen LogP contribution in [0.25, 0.3) is 0 Å². The molecule has 0 bridgehead atoms. The molecular weight excluding hydrogens is 334 g/mol. The molecule has 0 radical (unpaired) electrons. The summed E-state index contributed by atoms with van der Waals surface area (Å²) in [7, 11) is 0. The molecule has 0 heterocycles. The van der Waals surface area contributed by atoms with E-state index in [1.54, 1.807) is 12.1 Å². The van der Waals surface area contributed by atoms with Crippen LogP contribution in [-0.2, 0) is 4.79 Å². The molecule has 2 aromatic rings. The number of halogens is 1. The summed E-state index contributed by atoms with van der Waals surface area (Å²) in [5.74, 6) is 5.46. The first-order chi connectivity index (χ1) is 10.2. The summed E-state index contributed by atoms with van der Waals surface area (Å²) in [4.78, 5) is 11.8. The van der Waals surface area contributed by atoms with E-state index in [4.69, 9.17) is 10.6 Å². The van der Waals surface area contributed by atoms with Gasteiger partial charge in [0.05, 0.1) is 6.21 Å². The van der Waals surface area contributed by atoms with Gasteiger partial charge in [-0.2, -0.15) is 5.10 Å². The first-order valence-electron chi connectivity index (χ1n) is 6.19. The normalized spacial score (nSPS) is 10.5. The van der Waals surface area contributed by atoms with Gasteiger partial charge in [0, 0.05) is 15.7 Å². The summed E-state index contributed by atoms with van der Waals surface area (Å²) >= 11 is 3.35. The second-order valence-corrected chi connectivity index (χ2v) is 5.08. The summed E-state index contributed by atoms with van der Waals surface area (Å²) in [5.41, 5.74) is 1.42. The number of rotatable bonds is 5. The maximum Gasteiger partial charge on any atom is 0.262 e. The van der Waals surface area contributed by atoms with Crippen LogP contribution in [0.1, 0.15) is 5.56 Å². The number of anilines is 1. The van der Waals surface area contributed by atoms with Crippen molar-refractivity contribution < 1.29 is 9.53 Å². The number of hydrogen-bond acceptors (Lipinski definition) is 4. The van der Waals surface area contributed by atoms with Crippen LogP contribution in [0.4, 0.5) is 5.69 Å². The Balaban J connectivity index is 1.98. The number of carbonyl (C=O) groups is 1. The van der Waals surface area contributed by atoms with Crippen molar-refractivity contribution in [1.29, 1.82) is 0 Å². The highest BCUT2D eigenvalue weighted by Crippen LogP contribution is 2.21. The van der Waals surface area contributed by atoms with Gasteiger partial charge < -0.3 is 15.9 Å². The van der Waals surface area contributed by atoms with Crippen LogP contribution < -0.4 is 15.9 Å². The Morgan fingerprint density at radius 1 is 1.29 bits per heavy atom. The summed E-state index contributed by atoms with van der Waals surface area (Å²) in [6.07, 6.45) is 1.47. The van der Waals surface area contributed by atoms with E-state index in [-0.39, 0.29) is 12.5 Å². The minimum Gasteiger partial charge on any atom is -0.483 e. The van der Waals surface area contributed by atoms with Crippen molar-refractivity contribution >= 4 is 33.7 Å². The summed E-state index contributed by atoms with van der Waals surface area (Å²) in [5, 5.41) is 6.22. The summed E-state index contributed by atoms with van der Waals surface area (Å²) < 4.78 is 6.37. The Bertz CT molecular complexity index is 645. The molecule has 1 amide bonds. The van der Waals surface area contributed by atoms with Crippen LogP contribution in [0.5, 0.6) is 5.75 Å². The summed E-state index contributed by atoms with van der Waals surface area (Å²) in [6.45, 7) is -0.0953. The first-order valence-corrected chi connectivity index (χ1v) is 6.99. The monoisotopic (exact) mass is 347 g/mol. The molecule has 0 unspecified atom stereocenters. The first kappa shape index (κ1) is 15.1. The zero-order chi connectivity index (χ0) is 15.1. The lowest BCUT2D eigenvalue weighted by atomic mass is 10.2. The van der Waals surface area contributed by atoms with Crippen LogP contribution in [0.2, 0.25) is 0 Å². The van der Waals surface area contributed by atoms with E-state index in [1.165, 1.54) is 6.21 Å². The van der Waals surface area contributed by atoms with Crippen LogP contribution in [0.3, 0.4) is 0 Å². The molecule has 0 atom stereocenters. The molecule has 0 fully saturated rings. The van der Waals surface area contributed by atoms with Gasteiger partial charge in [0.2, 0.25) is 0 Å². The third-order valence-electron chi connectivity index (χ3n) is 2.60. The third kappa shape index (κ3) is 4.61. The number of benzene rings is 2. The highest BCUT2D eigenvalue weighted by molar-refractivity contribution is 9.10. The smallest absolute Gasteiger partial charge is 0.262 e. The average Bonchev–Trinajstić information content (AvgIpc) is 2.48. The Kier molecular flexibility index (Phi) is 5.34. The lowest BCUT2D eigenvalue weighted by molar-refractivity contribution is -0.118. The largest absolute Gasteiger partial charge is 0.483 e. The number of nitrogens with zero attached hydrogens (tertiary/aromatic N) is 1. The van der Waals surface area contributed by atoms with Gasteiger partial charge in [0.1, 0.15) is 5.75 Å². The molecule has 108 valence electrons. The fourth-order valence-electron chi connectivity index (χ4n) is 1.69. The molecule has 0 spiro atoms. The molecule has 0 aliphatic rings. The lowest BCUT2D eigenvalue weighted by Crippen LogP contribution is -2.20. The number of nitrogens with two attached hydrogens (primary N) is 1. The van der Waals surface area contributed by atoms with E-state index in [9.17, 15) is 4.79 Å². The molecule has 0 aliphatic carbocycles. The molecule has 0 saturated heterocycles. The molecular formula is C15H14BrN3O2. The fraction of sp³-hybridized carbons (Fsp3) is 0.0667. The quantitative estimate of drug-likeness (QED) is 0.496. The van der Waals surface area contributed by atoms with Gasteiger partial charge in [-0.1, -0.05) is 34.1 Å². The number of hydrazone groups is 1. The van der Waals surface area contributed by atoms with Crippen molar-refractivity contribution in [2.75, 3.05) is 11.9 Å². The molecule has 0 saturated carbocycles. The van der Waals surface area contributed by atoms with Crippen LogP contribution in [0.15, 0.2) is 58.1 Å². The predicted molar refractivity (Wildman–Crippen MR) is 86.5 cm³/mol. The minimum absolute atomic E-state index is 0.0953. The number of ether oxygens (including phenoxy) is 1. The summed E-state index contributed by atoms with van der Waals surface area (Å²) in [6, 6.07) is 14.6. The highest BCUT2D eigenvalue weighted by atomic mass is 79.9. The van der Waals surface area contributed by atoms with Crippen molar-refractivity contribution in [3.05, 3.63) is 58.6 Å². The molecule has 5 nitrogen and oxygen atoms in total. The molecule has 3 N–H and O–H groups in total. The van der Waals surface area contributed by atoms with Crippen molar-refractivity contribution in [1.82, 2.24) is 0 Å².